The standard InChI is InChI=1S/C37H66N2O5/c1-3-5-7-9-10-11-12-13-14-15-16-17-18-19-25-31-36(41)44-33(27-22-8-6-4-2)28-23-20-21-24-30-35(40)39-34(37(42)43)29-26-32-38/h5,7,10-11,13-14,33-34H,3-4,6,8-9,12,15-32,38H2,1-2H3,(H,39,40)(H,42,43)/b7-5-,11-10-,14-13-. The van der Waals surface area contributed by atoms with Crippen molar-refractivity contribution in [3.8, 4) is 0 Å². The number of hydrogen-bond acceptors (Lipinski definition) is 5. The topological polar surface area (TPSA) is 119 Å². The van der Waals surface area contributed by atoms with Crippen LogP contribution in [-0.4, -0.2) is 41.6 Å². The lowest BCUT2D eigenvalue weighted by molar-refractivity contribution is -0.150. The lowest BCUT2D eigenvalue weighted by Gasteiger charge is -2.18. The van der Waals surface area contributed by atoms with Gasteiger partial charge in [0, 0.05) is 12.8 Å². The number of rotatable bonds is 31. The summed E-state index contributed by atoms with van der Waals surface area (Å²) in [7, 11) is 0. The summed E-state index contributed by atoms with van der Waals surface area (Å²) >= 11 is 0. The Morgan fingerprint density at radius 2 is 1.25 bits per heavy atom. The van der Waals surface area contributed by atoms with Gasteiger partial charge in [0.25, 0.3) is 0 Å². The van der Waals surface area contributed by atoms with E-state index in [-0.39, 0.29) is 18.0 Å². The van der Waals surface area contributed by atoms with Crippen LogP contribution < -0.4 is 11.1 Å². The molecule has 7 nitrogen and oxygen atoms in total. The van der Waals surface area contributed by atoms with E-state index in [9.17, 15) is 19.5 Å². The van der Waals surface area contributed by atoms with Gasteiger partial charge in [0.05, 0.1) is 0 Å². The van der Waals surface area contributed by atoms with Crippen LogP contribution in [0, 0.1) is 0 Å². The molecule has 0 radical (unpaired) electrons. The van der Waals surface area contributed by atoms with Crippen molar-refractivity contribution in [2.45, 2.75) is 174 Å². The van der Waals surface area contributed by atoms with Crippen molar-refractivity contribution in [2.75, 3.05) is 6.54 Å². The van der Waals surface area contributed by atoms with Gasteiger partial charge in [0.1, 0.15) is 12.1 Å². The molecule has 0 spiro atoms. The third kappa shape index (κ3) is 28.4. The van der Waals surface area contributed by atoms with Crippen molar-refractivity contribution in [3.63, 3.8) is 0 Å². The smallest absolute Gasteiger partial charge is 0.326 e. The zero-order chi connectivity index (χ0) is 32.5. The predicted molar refractivity (Wildman–Crippen MR) is 183 cm³/mol. The van der Waals surface area contributed by atoms with Crippen LogP contribution in [0.5, 0.6) is 0 Å². The first-order chi connectivity index (χ1) is 21.4. The second-order valence-electron chi connectivity index (χ2n) is 11.9. The second kappa shape index (κ2) is 32.0. The molecule has 0 saturated heterocycles. The molecule has 4 N–H and O–H groups in total. The van der Waals surface area contributed by atoms with E-state index in [1.807, 2.05) is 0 Å². The van der Waals surface area contributed by atoms with Crippen LogP contribution in [0.25, 0.3) is 0 Å². The van der Waals surface area contributed by atoms with Crippen LogP contribution >= 0.6 is 0 Å². The van der Waals surface area contributed by atoms with E-state index in [0.717, 1.165) is 89.9 Å². The van der Waals surface area contributed by atoms with Crippen molar-refractivity contribution in [1.82, 2.24) is 5.32 Å². The number of esters is 1. The number of unbranched alkanes of at least 4 members (excludes halogenated alkanes) is 11. The molecule has 2 atom stereocenters. The summed E-state index contributed by atoms with van der Waals surface area (Å²) in [5, 5.41) is 11.9. The molecule has 0 aliphatic heterocycles. The molecule has 1 amide bonds. The monoisotopic (exact) mass is 618 g/mol. The number of nitrogens with one attached hydrogen (secondary N) is 1. The quantitative estimate of drug-likeness (QED) is 0.0405. The van der Waals surface area contributed by atoms with E-state index in [2.05, 4.69) is 55.6 Å². The molecule has 2 unspecified atom stereocenters. The molecular formula is C37H66N2O5. The highest BCUT2D eigenvalue weighted by Gasteiger charge is 2.19. The highest BCUT2D eigenvalue weighted by atomic mass is 16.5. The van der Waals surface area contributed by atoms with Gasteiger partial charge < -0.3 is 20.9 Å². The minimum Gasteiger partial charge on any atom is -0.480 e. The van der Waals surface area contributed by atoms with E-state index in [4.69, 9.17) is 10.5 Å². The number of ether oxygens (including phenoxy) is 1. The summed E-state index contributed by atoms with van der Waals surface area (Å²) in [6.07, 6.45) is 34.9. The van der Waals surface area contributed by atoms with Gasteiger partial charge in [-0.3, -0.25) is 9.59 Å². The van der Waals surface area contributed by atoms with E-state index in [1.165, 1.54) is 32.1 Å². The summed E-state index contributed by atoms with van der Waals surface area (Å²) in [6.45, 7) is 4.76. The van der Waals surface area contributed by atoms with Crippen LogP contribution in [0.3, 0.4) is 0 Å². The first-order valence-corrected chi connectivity index (χ1v) is 17.8. The lowest BCUT2D eigenvalue weighted by atomic mass is 10.0. The molecule has 254 valence electrons. The zero-order valence-corrected chi connectivity index (χ0v) is 28.2. The fourth-order valence-corrected chi connectivity index (χ4v) is 5.05. The van der Waals surface area contributed by atoms with Crippen LogP contribution in [-0.2, 0) is 19.1 Å². The van der Waals surface area contributed by atoms with Gasteiger partial charge in [0.15, 0.2) is 0 Å². The Kier molecular flexibility index (Phi) is 30.2. The Balaban J connectivity index is 4.11. The maximum atomic E-state index is 12.6. The van der Waals surface area contributed by atoms with Gasteiger partial charge in [-0.1, -0.05) is 102 Å². The minimum atomic E-state index is -1.01. The normalized spacial score (nSPS) is 13.2. The Morgan fingerprint density at radius 1 is 0.682 bits per heavy atom. The first-order valence-electron chi connectivity index (χ1n) is 17.8. The van der Waals surface area contributed by atoms with E-state index < -0.39 is 12.0 Å². The van der Waals surface area contributed by atoms with Crippen LogP contribution in [0.1, 0.15) is 162 Å². The fourth-order valence-electron chi connectivity index (χ4n) is 5.05. The molecule has 0 aliphatic rings. The van der Waals surface area contributed by atoms with Gasteiger partial charge in [-0.25, -0.2) is 4.79 Å². The van der Waals surface area contributed by atoms with Gasteiger partial charge in [-0.15, -0.1) is 0 Å². The number of nitrogens with two attached hydrogens (primary N) is 1. The van der Waals surface area contributed by atoms with Gasteiger partial charge >= 0.3 is 11.9 Å². The average molecular weight is 619 g/mol. The Morgan fingerprint density at radius 3 is 1.89 bits per heavy atom. The van der Waals surface area contributed by atoms with Crippen molar-refractivity contribution < 1.29 is 24.2 Å². The maximum absolute atomic E-state index is 12.6. The van der Waals surface area contributed by atoms with Crippen molar-refractivity contribution >= 4 is 17.8 Å². The molecule has 0 fully saturated rings. The Bertz CT molecular complexity index is 793. The fraction of sp³-hybridized carbons (Fsp3) is 0.757. The molecule has 0 saturated carbocycles. The molecular weight excluding hydrogens is 552 g/mol. The number of carbonyl (C=O) groups excluding carboxylic acids is 2. The number of carboxylic acid groups (broad SMARTS) is 1. The summed E-state index contributed by atoms with van der Waals surface area (Å²) in [6, 6.07) is -0.863. The molecule has 0 aromatic carbocycles. The molecule has 7 heteroatoms. The van der Waals surface area contributed by atoms with Gasteiger partial charge in [0.2, 0.25) is 5.91 Å². The Hall–Kier alpha value is -2.41. The number of amides is 1. The van der Waals surface area contributed by atoms with Crippen LogP contribution in [0.2, 0.25) is 0 Å². The lowest BCUT2D eigenvalue weighted by Crippen LogP contribution is -2.40. The molecule has 44 heavy (non-hydrogen) atoms. The minimum absolute atomic E-state index is 0.0176. The third-order valence-corrected chi connectivity index (χ3v) is 7.72. The SMILES string of the molecule is CC/C=C\C/C=C\C/C=C\CCCCCCCC(=O)OC(CCCCCC)CCCCCCC(=O)NC(CCCN)C(=O)O. The highest BCUT2D eigenvalue weighted by molar-refractivity contribution is 5.83. The third-order valence-electron chi connectivity index (χ3n) is 7.72. The first kappa shape index (κ1) is 41.6. The van der Waals surface area contributed by atoms with Crippen molar-refractivity contribution in [2.24, 2.45) is 5.73 Å². The van der Waals surface area contributed by atoms with E-state index in [0.29, 0.717) is 32.2 Å². The van der Waals surface area contributed by atoms with E-state index in [1.54, 1.807) is 0 Å². The van der Waals surface area contributed by atoms with Gasteiger partial charge in [-0.05, 0) is 90.0 Å². The number of carbonyl (C=O) groups is 3. The van der Waals surface area contributed by atoms with Crippen molar-refractivity contribution in [1.29, 1.82) is 0 Å². The zero-order valence-electron chi connectivity index (χ0n) is 28.2. The van der Waals surface area contributed by atoms with Crippen molar-refractivity contribution in [3.05, 3.63) is 36.5 Å². The van der Waals surface area contributed by atoms with Crippen LogP contribution in [0.4, 0.5) is 0 Å². The molecule has 0 aliphatic carbocycles. The number of allylic oxidation sites excluding steroid dienone is 6. The molecule has 0 heterocycles. The summed E-state index contributed by atoms with van der Waals surface area (Å²) in [4.78, 5) is 36.0. The molecule has 0 rings (SSSR count). The number of hydrogen-bond donors (Lipinski definition) is 3. The highest BCUT2D eigenvalue weighted by Crippen LogP contribution is 2.18. The predicted octanol–water partition coefficient (Wildman–Crippen LogP) is 9.11. The molecule has 0 aromatic rings. The summed E-state index contributed by atoms with van der Waals surface area (Å²) in [5.41, 5.74) is 5.45. The van der Waals surface area contributed by atoms with E-state index >= 15 is 0 Å². The summed E-state index contributed by atoms with van der Waals surface area (Å²) in [5.74, 6) is -1.30. The average Bonchev–Trinajstić information content (AvgIpc) is 3.00. The molecule has 0 aromatic heterocycles. The second-order valence-corrected chi connectivity index (χ2v) is 11.9. The Labute approximate surface area is 269 Å². The maximum Gasteiger partial charge on any atom is 0.326 e. The number of aliphatic carboxylic acids is 1. The number of carboxylic acids is 1. The largest absolute Gasteiger partial charge is 0.480 e. The molecule has 0 bridgehead atoms. The van der Waals surface area contributed by atoms with Crippen LogP contribution in [0.15, 0.2) is 36.5 Å². The summed E-state index contributed by atoms with van der Waals surface area (Å²) < 4.78 is 5.91. The van der Waals surface area contributed by atoms with Gasteiger partial charge in [-0.2, -0.15) is 0 Å².